The molecule has 0 spiro atoms. The van der Waals surface area contributed by atoms with Gasteiger partial charge in [-0.2, -0.15) is 0 Å². The molecule has 0 aliphatic carbocycles. The first-order chi connectivity index (χ1) is 10.1. The van der Waals surface area contributed by atoms with Crippen LogP contribution < -0.4 is 0 Å². The summed E-state index contributed by atoms with van der Waals surface area (Å²) in [5.41, 5.74) is 3.69. The molecule has 1 aromatic carbocycles. The molecule has 0 fully saturated rings. The third-order valence-corrected chi connectivity index (χ3v) is 5.24. The number of rotatable bonds is 1. The number of hydrogen-bond donors (Lipinski definition) is 0. The number of fused-ring (bicyclic) bond motifs is 3. The highest BCUT2D eigenvalue weighted by Crippen LogP contribution is 2.37. The Bertz CT molecular complexity index is 831. The van der Waals surface area contributed by atoms with E-state index in [2.05, 4.69) is 29.5 Å². The van der Waals surface area contributed by atoms with Crippen LogP contribution in [0.2, 0.25) is 0 Å². The van der Waals surface area contributed by atoms with Gasteiger partial charge in [0.05, 0.1) is 0 Å². The molecule has 0 amide bonds. The number of aromatic nitrogens is 1. The molecule has 0 atom stereocenters. The average molecular weight is 300 g/mol. The molecular formula is C17H17FN2S. The summed E-state index contributed by atoms with van der Waals surface area (Å²) < 4.78 is 15.9. The maximum absolute atomic E-state index is 13.6. The van der Waals surface area contributed by atoms with Crippen LogP contribution in [0, 0.1) is 12.7 Å². The van der Waals surface area contributed by atoms with Crippen molar-refractivity contribution in [2.75, 3.05) is 13.6 Å². The number of aryl methyl sites for hydroxylation is 1. The van der Waals surface area contributed by atoms with Gasteiger partial charge in [0, 0.05) is 41.2 Å². The molecule has 4 rings (SSSR count). The highest BCUT2D eigenvalue weighted by Gasteiger charge is 2.24. The quantitative estimate of drug-likeness (QED) is 0.656. The number of hydrogen-bond acceptors (Lipinski definition) is 2. The van der Waals surface area contributed by atoms with E-state index >= 15 is 0 Å². The lowest BCUT2D eigenvalue weighted by atomic mass is 10.1. The summed E-state index contributed by atoms with van der Waals surface area (Å²) >= 11 is 1.80. The third kappa shape index (κ3) is 2.01. The van der Waals surface area contributed by atoms with Gasteiger partial charge in [0.2, 0.25) is 0 Å². The first-order valence-corrected chi connectivity index (χ1v) is 8.02. The lowest BCUT2D eigenvalue weighted by Crippen LogP contribution is -2.27. The van der Waals surface area contributed by atoms with Crippen molar-refractivity contribution < 1.29 is 4.39 Å². The lowest BCUT2D eigenvalue weighted by Gasteiger charge is -2.24. The maximum Gasteiger partial charge on any atom is 0.125 e. The van der Waals surface area contributed by atoms with E-state index in [1.54, 1.807) is 23.5 Å². The molecule has 4 heteroatoms. The molecule has 2 aromatic heterocycles. The number of benzene rings is 1. The summed E-state index contributed by atoms with van der Waals surface area (Å²) in [7, 11) is 2.16. The van der Waals surface area contributed by atoms with Crippen molar-refractivity contribution in [3.8, 4) is 5.69 Å². The van der Waals surface area contributed by atoms with Crippen LogP contribution in [0.1, 0.15) is 16.1 Å². The molecule has 0 radical (unpaired) electrons. The predicted molar refractivity (Wildman–Crippen MR) is 85.9 cm³/mol. The van der Waals surface area contributed by atoms with E-state index in [9.17, 15) is 4.39 Å². The molecule has 2 nitrogen and oxygen atoms in total. The van der Waals surface area contributed by atoms with Gasteiger partial charge in [0.1, 0.15) is 10.6 Å². The van der Waals surface area contributed by atoms with E-state index in [1.807, 2.05) is 6.07 Å². The van der Waals surface area contributed by atoms with E-state index in [0.717, 1.165) is 25.2 Å². The molecule has 3 heterocycles. The molecule has 0 bridgehead atoms. The van der Waals surface area contributed by atoms with Gasteiger partial charge in [0.15, 0.2) is 0 Å². The lowest BCUT2D eigenvalue weighted by molar-refractivity contribution is 0.311. The Morgan fingerprint density at radius 3 is 2.90 bits per heavy atom. The summed E-state index contributed by atoms with van der Waals surface area (Å²) in [5.74, 6) is -0.177. The van der Waals surface area contributed by atoms with Crippen molar-refractivity contribution in [1.29, 1.82) is 0 Å². The van der Waals surface area contributed by atoms with Gasteiger partial charge in [-0.1, -0.05) is 6.07 Å². The standard InChI is InChI=1S/C17H17FN2S/c1-11-8-14-15-10-19(2)7-6-16(15)20(17(14)21-11)13-5-3-4-12(18)9-13/h3-5,8-9H,6-7,10H2,1-2H3. The minimum absolute atomic E-state index is 0.177. The highest BCUT2D eigenvalue weighted by molar-refractivity contribution is 7.18. The zero-order chi connectivity index (χ0) is 14.6. The molecule has 3 aromatic rings. The van der Waals surface area contributed by atoms with Gasteiger partial charge in [-0.05, 0) is 43.8 Å². The first-order valence-electron chi connectivity index (χ1n) is 7.20. The van der Waals surface area contributed by atoms with Crippen LogP contribution in [-0.2, 0) is 13.0 Å². The van der Waals surface area contributed by atoms with E-state index in [0.29, 0.717) is 0 Å². The average Bonchev–Trinajstić information content (AvgIpc) is 2.94. The highest BCUT2D eigenvalue weighted by atomic mass is 32.1. The van der Waals surface area contributed by atoms with Crippen molar-refractivity contribution in [3.63, 3.8) is 0 Å². The van der Waals surface area contributed by atoms with Crippen molar-refractivity contribution in [3.05, 3.63) is 52.3 Å². The Morgan fingerprint density at radius 2 is 2.10 bits per heavy atom. The topological polar surface area (TPSA) is 8.17 Å². The Hall–Kier alpha value is -1.65. The summed E-state index contributed by atoms with van der Waals surface area (Å²) in [4.78, 5) is 4.91. The largest absolute Gasteiger partial charge is 0.305 e. The Labute approximate surface area is 127 Å². The van der Waals surface area contributed by atoms with Crippen LogP contribution in [0.25, 0.3) is 15.9 Å². The minimum atomic E-state index is -0.177. The van der Waals surface area contributed by atoms with Crippen LogP contribution in [0.5, 0.6) is 0 Å². The molecule has 108 valence electrons. The van der Waals surface area contributed by atoms with E-state index < -0.39 is 0 Å². The van der Waals surface area contributed by atoms with Gasteiger partial charge in [-0.15, -0.1) is 11.3 Å². The fraction of sp³-hybridized carbons (Fsp3) is 0.294. The Balaban J connectivity index is 2.04. The van der Waals surface area contributed by atoms with E-state index in [1.165, 1.54) is 32.4 Å². The second-order valence-electron chi connectivity index (χ2n) is 5.80. The monoisotopic (exact) mass is 300 g/mol. The van der Waals surface area contributed by atoms with Crippen molar-refractivity contribution >= 4 is 21.6 Å². The van der Waals surface area contributed by atoms with E-state index in [4.69, 9.17) is 0 Å². The third-order valence-electron chi connectivity index (χ3n) is 4.21. The summed E-state index contributed by atoms with van der Waals surface area (Å²) in [6.45, 7) is 4.17. The minimum Gasteiger partial charge on any atom is -0.305 e. The van der Waals surface area contributed by atoms with Crippen LogP contribution >= 0.6 is 11.3 Å². The van der Waals surface area contributed by atoms with Crippen LogP contribution in [0.4, 0.5) is 4.39 Å². The zero-order valence-electron chi connectivity index (χ0n) is 12.2. The van der Waals surface area contributed by atoms with Crippen LogP contribution in [-0.4, -0.2) is 23.1 Å². The summed E-state index contributed by atoms with van der Waals surface area (Å²) in [5, 5.41) is 1.34. The molecular weight excluding hydrogens is 283 g/mol. The summed E-state index contributed by atoms with van der Waals surface area (Å²) in [6, 6.07) is 9.19. The number of likely N-dealkylation sites (N-methyl/N-ethyl adjacent to an activating group) is 1. The molecule has 1 aliphatic heterocycles. The van der Waals surface area contributed by atoms with Crippen LogP contribution in [0.3, 0.4) is 0 Å². The molecule has 0 saturated heterocycles. The zero-order valence-corrected chi connectivity index (χ0v) is 13.0. The van der Waals surface area contributed by atoms with Crippen molar-refractivity contribution in [2.45, 2.75) is 19.9 Å². The molecule has 0 unspecified atom stereocenters. The SMILES string of the molecule is Cc1cc2c3c(n(-c4cccc(F)c4)c2s1)CCN(C)C3. The van der Waals surface area contributed by atoms with Crippen molar-refractivity contribution in [1.82, 2.24) is 9.47 Å². The predicted octanol–water partition coefficient (Wildman–Crippen LogP) is 4.13. The van der Waals surface area contributed by atoms with Crippen LogP contribution in [0.15, 0.2) is 30.3 Å². The normalized spacial score (nSPS) is 15.6. The number of thiophene rings is 1. The Morgan fingerprint density at radius 1 is 1.24 bits per heavy atom. The second-order valence-corrected chi connectivity index (χ2v) is 7.04. The van der Waals surface area contributed by atoms with Gasteiger partial charge in [-0.25, -0.2) is 4.39 Å². The second kappa shape index (κ2) is 4.68. The number of nitrogens with zero attached hydrogens (tertiary/aromatic N) is 2. The Kier molecular flexibility index (Phi) is 2.91. The number of halogens is 1. The first kappa shape index (κ1) is 13.0. The van der Waals surface area contributed by atoms with Gasteiger partial charge in [0.25, 0.3) is 0 Å². The molecule has 0 saturated carbocycles. The van der Waals surface area contributed by atoms with Crippen molar-refractivity contribution in [2.24, 2.45) is 0 Å². The van der Waals surface area contributed by atoms with Gasteiger partial charge >= 0.3 is 0 Å². The van der Waals surface area contributed by atoms with E-state index in [-0.39, 0.29) is 5.82 Å². The maximum atomic E-state index is 13.6. The molecule has 0 N–H and O–H groups in total. The smallest absolute Gasteiger partial charge is 0.125 e. The van der Waals surface area contributed by atoms with Gasteiger partial charge < -0.3 is 9.47 Å². The molecule has 1 aliphatic rings. The molecule has 21 heavy (non-hydrogen) atoms. The fourth-order valence-electron chi connectivity index (χ4n) is 3.27. The van der Waals surface area contributed by atoms with Gasteiger partial charge in [-0.3, -0.25) is 0 Å². The summed E-state index contributed by atoms with van der Waals surface area (Å²) in [6.07, 6.45) is 1.02. The fourth-order valence-corrected chi connectivity index (χ4v) is 4.35.